The van der Waals surface area contributed by atoms with Crippen molar-refractivity contribution in [3.63, 3.8) is 0 Å². The first-order valence-electron chi connectivity index (χ1n) is 5.18. The summed E-state index contributed by atoms with van der Waals surface area (Å²) < 4.78 is 5.53. The van der Waals surface area contributed by atoms with Crippen LogP contribution in [0.5, 0.6) is 0 Å². The van der Waals surface area contributed by atoms with Gasteiger partial charge in [0.1, 0.15) is 0 Å². The minimum absolute atomic E-state index is 0.143. The van der Waals surface area contributed by atoms with Gasteiger partial charge in [0.15, 0.2) is 0 Å². The van der Waals surface area contributed by atoms with Crippen molar-refractivity contribution in [2.24, 2.45) is 5.73 Å². The Morgan fingerprint density at radius 2 is 1.93 bits per heavy atom. The molecule has 0 amide bonds. The lowest BCUT2D eigenvalue weighted by Crippen LogP contribution is -2.10. The van der Waals surface area contributed by atoms with Crippen LogP contribution in [0.4, 0.5) is 0 Å². The molecule has 1 rings (SSSR count). The predicted octanol–water partition coefficient (Wildman–Crippen LogP) is 2.29. The molecule has 0 saturated heterocycles. The first-order chi connectivity index (χ1) is 6.77. The van der Waals surface area contributed by atoms with E-state index < -0.39 is 0 Å². The summed E-state index contributed by atoms with van der Waals surface area (Å²) in [6, 6.07) is 8.55. The summed E-state index contributed by atoms with van der Waals surface area (Å²) in [5, 5.41) is 0. The van der Waals surface area contributed by atoms with Crippen LogP contribution in [0.2, 0.25) is 0 Å². The van der Waals surface area contributed by atoms with Crippen LogP contribution in [0, 0.1) is 0 Å². The molecule has 0 bridgehead atoms. The lowest BCUT2D eigenvalue weighted by atomic mass is 10.1. The van der Waals surface area contributed by atoms with Crippen molar-refractivity contribution in [3.8, 4) is 0 Å². The summed E-state index contributed by atoms with van der Waals surface area (Å²) in [7, 11) is 0. The highest BCUT2D eigenvalue weighted by atomic mass is 16.5. The van der Waals surface area contributed by atoms with Crippen molar-refractivity contribution in [1.82, 2.24) is 0 Å². The number of rotatable bonds is 5. The van der Waals surface area contributed by atoms with Crippen LogP contribution >= 0.6 is 0 Å². The van der Waals surface area contributed by atoms with Crippen LogP contribution in [-0.2, 0) is 11.2 Å². The Hall–Kier alpha value is -0.860. The molecular weight excluding hydrogens is 174 g/mol. The second-order valence-corrected chi connectivity index (χ2v) is 3.40. The summed E-state index contributed by atoms with van der Waals surface area (Å²) in [5.41, 5.74) is 7.95. The molecule has 0 aromatic heterocycles. The Morgan fingerprint density at radius 3 is 2.43 bits per heavy atom. The Bertz CT molecular complexity index is 256. The van der Waals surface area contributed by atoms with E-state index in [1.807, 2.05) is 0 Å². The third kappa shape index (κ3) is 3.13. The summed E-state index contributed by atoms with van der Waals surface area (Å²) in [6.07, 6.45) is 1.22. The number of hydrogen-bond donors (Lipinski definition) is 1. The predicted molar refractivity (Wildman–Crippen MR) is 59.2 cm³/mol. The molecule has 14 heavy (non-hydrogen) atoms. The summed E-state index contributed by atoms with van der Waals surface area (Å²) in [5.74, 6) is 0. The van der Waals surface area contributed by atoms with Crippen LogP contribution in [0.3, 0.4) is 0 Å². The first kappa shape index (κ1) is 11.2. The number of ether oxygens (including phenoxy) is 1. The largest absolute Gasteiger partial charge is 0.373 e. The lowest BCUT2D eigenvalue weighted by Gasteiger charge is -2.12. The van der Waals surface area contributed by atoms with Crippen LogP contribution < -0.4 is 5.73 Å². The zero-order valence-electron chi connectivity index (χ0n) is 8.99. The minimum Gasteiger partial charge on any atom is -0.373 e. The van der Waals surface area contributed by atoms with Gasteiger partial charge in [0.25, 0.3) is 0 Å². The fraction of sp³-hybridized carbons (Fsp3) is 0.500. The average molecular weight is 193 g/mol. The van der Waals surface area contributed by atoms with E-state index in [1.54, 1.807) is 0 Å². The molecule has 78 valence electrons. The van der Waals surface area contributed by atoms with E-state index in [2.05, 4.69) is 38.1 Å². The van der Waals surface area contributed by atoms with Gasteiger partial charge in [-0.05, 0) is 24.5 Å². The molecular formula is C12H19NO. The third-order valence-electron chi connectivity index (χ3n) is 2.34. The molecule has 0 heterocycles. The van der Waals surface area contributed by atoms with E-state index in [0.29, 0.717) is 13.2 Å². The molecule has 2 heteroatoms. The minimum atomic E-state index is 0.143. The number of nitrogens with two attached hydrogens (primary N) is 1. The van der Waals surface area contributed by atoms with E-state index in [9.17, 15) is 0 Å². The molecule has 0 aliphatic carbocycles. The highest BCUT2D eigenvalue weighted by molar-refractivity contribution is 5.23. The molecule has 2 nitrogen and oxygen atoms in total. The van der Waals surface area contributed by atoms with Crippen LogP contribution in [0.15, 0.2) is 24.3 Å². The van der Waals surface area contributed by atoms with Crippen LogP contribution in [0.25, 0.3) is 0 Å². The van der Waals surface area contributed by atoms with Gasteiger partial charge in [-0.1, -0.05) is 31.2 Å². The maximum absolute atomic E-state index is 5.53. The van der Waals surface area contributed by atoms with E-state index in [4.69, 9.17) is 10.5 Å². The second-order valence-electron chi connectivity index (χ2n) is 3.40. The Kier molecular flexibility index (Phi) is 4.63. The highest BCUT2D eigenvalue weighted by Gasteiger charge is 2.04. The molecule has 0 aliphatic heterocycles. The number of benzene rings is 1. The molecule has 0 radical (unpaired) electrons. The van der Waals surface area contributed by atoms with Gasteiger partial charge >= 0.3 is 0 Å². The summed E-state index contributed by atoms with van der Waals surface area (Å²) in [4.78, 5) is 0. The zero-order valence-corrected chi connectivity index (χ0v) is 8.99. The molecule has 0 aliphatic rings. The zero-order chi connectivity index (χ0) is 10.4. The van der Waals surface area contributed by atoms with Gasteiger partial charge in [-0.15, -0.1) is 0 Å². The lowest BCUT2D eigenvalue weighted by molar-refractivity contribution is 0.0718. The van der Waals surface area contributed by atoms with Crippen LogP contribution in [-0.4, -0.2) is 13.2 Å². The quantitative estimate of drug-likeness (QED) is 0.778. The first-order valence-corrected chi connectivity index (χ1v) is 5.18. The van der Waals surface area contributed by atoms with Gasteiger partial charge in [-0.25, -0.2) is 0 Å². The molecule has 1 aromatic rings. The fourth-order valence-electron chi connectivity index (χ4n) is 1.37. The third-order valence-corrected chi connectivity index (χ3v) is 2.34. The number of aryl methyl sites for hydroxylation is 1. The highest BCUT2D eigenvalue weighted by Crippen LogP contribution is 2.16. The van der Waals surface area contributed by atoms with Crippen molar-refractivity contribution in [1.29, 1.82) is 0 Å². The van der Waals surface area contributed by atoms with Gasteiger partial charge < -0.3 is 10.5 Å². The van der Waals surface area contributed by atoms with E-state index >= 15 is 0 Å². The molecule has 1 unspecified atom stereocenters. The van der Waals surface area contributed by atoms with E-state index in [-0.39, 0.29) is 6.10 Å². The maximum Gasteiger partial charge on any atom is 0.0797 e. The van der Waals surface area contributed by atoms with Crippen LogP contribution in [0.1, 0.15) is 31.1 Å². The topological polar surface area (TPSA) is 35.2 Å². The summed E-state index contributed by atoms with van der Waals surface area (Å²) in [6.45, 7) is 5.41. The SMILES string of the molecule is CCc1ccc(C(C)OCCN)cc1. The molecule has 0 saturated carbocycles. The van der Waals surface area contributed by atoms with E-state index in [1.165, 1.54) is 11.1 Å². The van der Waals surface area contributed by atoms with Crippen molar-refractivity contribution < 1.29 is 4.74 Å². The molecule has 0 spiro atoms. The number of hydrogen-bond acceptors (Lipinski definition) is 2. The van der Waals surface area contributed by atoms with Gasteiger partial charge in [-0.2, -0.15) is 0 Å². The second kappa shape index (κ2) is 5.78. The van der Waals surface area contributed by atoms with Crippen molar-refractivity contribution >= 4 is 0 Å². The maximum atomic E-state index is 5.53. The van der Waals surface area contributed by atoms with Crippen molar-refractivity contribution in [2.75, 3.05) is 13.2 Å². The molecule has 1 aromatic carbocycles. The summed E-state index contributed by atoms with van der Waals surface area (Å²) >= 11 is 0. The monoisotopic (exact) mass is 193 g/mol. The van der Waals surface area contributed by atoms with Gasteiger partial charge in [0.05, 0.1) is 12.7 Å². The standard InChI is InChI=1S/C12H19NO/c1-3-11-4-6-12(7-5-11)10(2)14-9-8-13/h4-7,10H,3,8-9,13H2,1-2H3. The normalized spacial score (nSPS) is 12.8. The Balaban J connectivity index is 2.57. The fourth-order valence-corrected chi connectivity index (χ4v) is 1.37. The van der Waals surface area contributed by atoms with Crippen molar-refractivity contribution in [2.45, 2.75) is 26.4 Å². The Morgan fingerprint density at radius 1 is 1.29 bits per heavy atom. The molecule has 0 fully saturated rings. The molecule has 1 atom stereocenters. The van der Waals surface area contributed by atoms with Gasteiger partial charge in [-0.3, -0.25) is 0 Å². The molecule has 2 N–H and O–H groups in total. The average Bonchev–Trinajstić information content (AvgIpc) is 2.26. The Labute approximate surface area is 86.1 Å². The van der Waals surface area contributed by atoms with Gasteiger partial charge in [0, 0.05) is 6.54 Å². The van der Waals surface area contributed by atoms with Gasteiger partial charge in [0.2, 0.25) is 0 Å². The smallest absolute Gasteiger partial charge is 0.0797 e. The van der Waals surface area contributed by atoms with Crippen molar-refractivity contribution in [3.05, 3.63) is 35.4 Å². The van der Waals surface area contributed by atoms with E-state index in [0.717, 1.165) is 6.42 Å².